The molecule has 0 unspecified atom stereocenters. The Morgan fingerprint density at radius 3 is 2.29 bits per heavy atom. The fourth-order valence-corrected chi connectivity index (χ4v) is 3.35. The Balaban J connectivity index is 2.29. The quantitative estimate of drug-likeness (QED) is 0.804. The second-order valence-electron chi connectivity index (χ2n) is 4.30. The molecule has 0 atom stereocenters. The van der Waals surface area contributed by atoms with Gasteiger partial charge in [0.2, 0.25) is 10.0 Å². The van der Waals surface area contributed by atoms with Gasteiger partial charge in [-0.05, 0) is 23.8 Å². The van der Waals surface area contributed by atoms with Gasteiger partial charge in [-0.15, -0.1) is 0 Å². The van der Waals surface area contributed by atoms with E-state index in [-0.39, 0.29) is 4.47 Å². The van der Waals surface area contributed by atoms with Crippen molar-refractivity contribution in [3.8, 4) is 0 Å². The minimum atomic E-state index is -3.99. The summed E-state index contributed by atoms with van der Waals surface area (Å²) >= 11 is 2.92. The highest BCUT2D eigenvalue weighted by atomic mass is 79.9. The van der Waals surface area contributed by atoms with Crippen molar-refractivity contribution < 1.29 is 17.2 Å². The second kappa shape index (κ2) is 5.98. The summed E-state index contributed by atoms with van der Waals surface area (Å²) in [6.07, 6.45) is 0. The van der Waals surface area contributed by atoms with Crippen LogP contribution in [0.15, 0.2) is 40.9 Å². The average Bonchev–Trinajstić information content (AvgIpc) is 2.36. The van der Waals surface area contributed by atoms with Crippen LogP contribution in [0.5, 0.6) is 0 Å². The molecule has 2 rings (SSSR count). The van der Waals surface area contributed by atoms with Gasteiger partial charge in [-0.1, -0.05) is 34.1 Å². The number of para-hydroxylation sites is 1. The molecule has 0 radical (unpaired) electrons. The second-order valence-corrected chi connectivity index (χ2v) is 6.94. The van der Waals surface area contributed by atoms with Crippen LogP contribution < -0.4 is 10.5 Å². The third-order valence-electron chi connectivity index (χ3n) is 2.67. The van der Waals surface area contributed by atoms with Gasteiger partial charge in [0.25, 0.3) is 0 Å². The number of hydrogen-bond donors (Lipinski definition) is 2. The van der Waals surface area contributed by atoms with E-state index in [0.29, 0.717) is 11.3 Å². The Bertz CT molecular complexity index is 758. The molecule has 0 saturated heterocycles. The maximum atomic E-state index is 13.6. The molecule has 0 aromatic heterocycles. The van der Waals surface area contributed by atoms with Crippen LogP contribution in [0.2, 0.25) is 0 Å². The smallest absolute Gasteiger partial charge is 0.237 e. The summed E-state index contributed by atoms with van der Waals surface area (Å²) in [5.41, 5.74) is 5.58. The Morgan fingerprint density at radius 1 is 1.14 bits per heavy atom. The summed E-state index contributed by atoms with van der Waals surface area (Å²) in [4.78, 5) is 0. The molecule has 2 aromatic rings. The first kappa shape index (κ1) is 15.7. The van der Waals surface area contributed by atoms with Crippen LogP contribution in [0, 0.1) is 11.6 Å². The molecule has 0 fully saturated rings. The van der Waals surface area contributed by atoms with E-state index in [1.54, 1.807) is 18.2 Å². The van der Waals surface area contributed by atoms with E-state index >= 15 is 0 Å². The number of nitrogens with one attached hydrogen (secondary N) is 1. The molecule has 8 heteroatoms. The SMILES string of the molecule is Nc1ccccc1CS(=O)(=O)Nc1c(F)cc(Br)cc1F. The molecule has 21 heavy (non-hydrogen) atoms. The lowest BCUT2D eigenvalue weighted by molar-refractivity contribution is 0.581. The van der Waals surface area contributed by atoms with Gasteiger partial charge in [-0.2, -0.15) is 0 Å². The molecule has 2 aromatic carbocycles. The number of sulfonamides is 1. The van der Waals surface area contributed by atoms with Crippen LogP contribution in [0.3, 0.4) is 0 Å². The molecule has 0 bridgehead atoms. The Kier molecular flexibility index (Phi) is 4.48. The number of nitrogen functional groups attached to an aromatic ring is 1. The van der Waals surface area contributed by atoms with Gasteiger partial charge in [-0.3, -0.25) is 4.72 Å². The molecule has 3 N–H and O–H groups in total. The van der Waals surface area contributed by atoms with Crippen LogP contribution in [-0.4, -0.2) is 8.42 Å². The highest BCUT2D eigenvalue weighted by Gasteiger charge is 2.19. The molecular formula is C13H11BrF2N2O2S. The molecule has 0 aliphatic rings. The van der Waals surface area contributed by atoms with E-state index < -0.39 is 33.1 Å². The summed E-state index contributed by atoms with van der Waals surface area (Å²) in [6, 6.07) is 8.30. The summed E-state index contributed by atoms with van der Waals surface area (Å²) in [5.74, 6) is -2.49. The molecular weight excluding hydrogens is 366 g/mol. The molecule has 0 amide bonds. The predicted octanol–water partition coefficient (Wildman–Crippen LogP) is 3.25. The van der Waals surface area contributed by atoms with Crippen LogP contribution in [0.1, 0.15) is 5.56 Å². The van der Waals surface area contributed by atoms with Crippen LogP contribution in [0.4, 0.5) is 20.2 Å². The zero-order chi connectivity index (χ0) is 15.6. The molecule has 112 valence electrons. The standard InChI is InChI=1S/C13H11BrF2N2O2S/c14-9-5-10(15)13(11(16)6-9)18-21(19,20)7-8-3-1-2-4-12(8)17/h1-6,18H,7,17H2. The van der Waals surface area contributed by atoms with Crippen LogP contribution in [-0.2, 0) is 15.8 Å². The normalized spacial score (nSPS) is 11.4. The summed E-state index contributed by atoms with van der Waals surface area (Å²) in [5, 5.41) is 0. The van der Waals surface area contributed by atoms with Crippen molar-refractivity contribution in [3.05, 3.63) is 58.1 Å². The molecule has 0 heterocycles. The summed E-state index contributed by atoms with van der Waals surface area (Å²) in [7, 11) is -3.99. The third-order valence-corrected chi connectivity index (χ3v) is 4.33. The van der Waals surface area contributed by atoms with Crippen molar-refractivity contribution in [2.75, 3.05) is 10.5 Å². The van der Waals surface area contributed by atoms with Crippen molar-refractivity contribution in [2.24, 2.45) is 0 Å². The first-order valence-corrected chi connectivity index (χ1v) is 8.21. The molecule has 0 spiro atoms. The Morgan fingerprint density at radius 2 is 1.71 bits per heavy atom. The topological polar surface area (TPSA) is 72.2 Å². The van der Waals surface area contributed by atoms with Gasteiger partial charge in [-0.25, -0.2) is 17.2 Å². The maximum Gasteiger partial charge on any atom is 0.237 e. The number of rotatable bonds is 4. The highest BCUT2D eigenvalue weighted by molar-refractivity contribution is 9.10. The lowest BCUT2D eigenvalue weighted by Crippen LogP contribution is -2.17. The molecule has 0 aliphatic carbocycles. The summed E-state index contributed by atoms with van der Waals surface area (Å²) < 4.78 is 53.4. The molecule has 0 aliphatic heterocycles. The number of benzene rings is 2. The third kappa shape index (κ3) is 3.92. The van der Waals surface area contributed by atoms with Crippen LogP contribution in [0.25, 0.3) is 0 Å². The maximum absolute atomic E-state index is 13.6. The Labute approximate surface area is 129 Å². The lowest BCUT2D eigenvalue weighted by atomic mass is 10.2. The number of anilines is 2. The first-order valence-electron chi connectivity index (χ1n) is 5.77. The molecule has 0 saturated carbocycles. The van der Waals surface area contributed by atoms with Crippen LogP contribution >= 0.6 is 15.9 Å². The monoisotopic (exact) mass is 376 g/mol. The fraction of sp³-hybridized carbons (Fsp3) is 0.0769. The first-order chi connectivity index (χ1) is 9.78. The van der Waals surface area contributed by atoms with Crippen molar-refractivity contribution in [1.29, 1.82) is 0 Å². The predicted molar refractivity (Wildman–Crippen MR) is 81.2 cm³/mol. The van der Waals surface area contributed by atoms with Gasteiger partial charge < -0.3 is 5.73 Å². The largest absolute Gasteiger partial charge is 0.398 e. The fourth-order valence-electron chi connectivity index (χ4n) is 1.70. The van der Waals surface area contributed by atoms with Gasteiger partial charge >= 0.3 is 0 Å². The number of hydrogen-bond acceptors (Lipinski definition) is 3. The summed E-state index contributed by atoms with van der Waals surface area (Å²) in [6.45, 7) is 0. The van der Waals surface area contributed by atoms with E-state index in [1.807, 2.05) is 4.72 Å². The van der Waals surface area contributed by atoms with Gasteiger partial charge in [0.1, 0.15) is 5.69 Å². The van der Waals surface area contributed by atoms with Crippen molar-refractivity contribution in [1.82, 2.24) is 0 Å². The van der Waals surface area contributed by atoms with E-state index in [1.165, 1.54) is 6.07 Å². The van der Waals surface area contributed by atoms with Crippen molar-refractivity contribution in [3.63, 3.8) is 0 Å². The van der Waals surface area contributed by atoms with Crippen molar-refractivity contribution >= 4 is 37.3 Å². The van der Waals surface area contributed by atoms with Crippen molar-refractivity contribution in [2.45, 2.75) is 5.75 Å². The van der Waals surface area contributed by atoms with Gasteiger partial charge in [0.05, 0.1) is 5.75 Å². The minimum Gasteiger partial charge on any atom is -0.398 e. The number of halogens is 3. The number of nitrogens with two attached hydrogens (primary N) is 1. The molecule has 4 nitrogen and oxygen atoms in total. The zero-order valence-corrected chi connectivity index (χ0v) is 13.0. The van der Waals surface area contributed by atoms with E-state index in [4.69, 9.17) is 5.73 Å². The van der Waals surface area contributed by atoms with Gasteiger partial charge in [0.15, 0.2) is 11.6 Å². The van der Waals surface area contributed by atoms with E-state index in [2.05, 4.69) is 15.9 Å². The van der Waals surface area contributed by atoms with E-state index in [0.717, 1.165) is 12.1 Å². The Hall–Kier alpha value is -1.67. The highest BCUT2D eigenvalue weighted by Crippen LogP contribution is 2.25. The minimum absolute atomic E-state index is 0.174. The van der Waals surface area contributed by atoms with Gasteiger partial charge in [0, 0.05) is 10.2 Å². The average molecular weight is 377 g/mol. The van der Waals surface area contributed by atoms with E-state index in [9.17, 15) is 17.2 Å². The zero-order valence-electron chi connectivity index (χ0n) is 10.6. The lowest BCUT2D eigenvalue weighted by Gasteiger charge is -2.11.